The van der Waals surface area contributed by atoms with Gasteiger partial charge in [0.15, 0.2) is 5.78 Å². The van der Waals surface area contributed by atoms with E-state index in [1.807, 2.05) is 20.8 Å². The minimum absolute atomic E-state index is 0.235. The van der Waals surface area contributed by atoms with Gasteiger partial charge in [-0.2, -0.15) is 0 Å². The van der Waals surface area contributed by atoms with Crippen LogP contribution >= 0.6 is 0 Å². The number of carbonyl (C=O) groups excluding carboxylic acids is 1. The van der Waals surface area contributed by atoms with Gasteiger partial charge in [-0.15, -0.1) is 0 Å². The molecule has 0 saturated carbocycles. The molecule has 1 aliphatic rings. The number of ketones is 1. The van der Waals surface area contributed by atoms with E-state index < -0.39 is 0 Å². The first-order valence-corrected chi connectivity index (χ1v) is 8.50. The second-order valence-electron chi connectivity index (χ2n) is 6.34. The molecule has 1 aromatic carbocycles. The van der Waals surface area contributed by atoms with Gasteiger partial charge in [0.1, 0.15) is 0 Å². The van der Waals surface area contributed by atoms with Crippen LogP contribution < -0.4 is 0 Å². The van der Waals surface area contributed by atoms with Crippen molar-refractivity contribution in [3.05, 3.63) is 34.5 Å². The Morgan fingerprint density at radius 3 is 2.57 bits per heavy atom. The van der Waals surface area contributed by atoms with Gasteiger partial charge in [-0.1, -0.05) is 6.92 Å². The summed E-state index contributed by atoms with van der Waals surface area (Å²) in [4.78, 5) is 14.8. The van der Waals surface area contributed by atoms with E-state index in [9.17, 15) is 4.79 Å². The molecule has 1 aromatic heterocycles. The summed E-state index contributed by atoms with van der Waals surface area (Å²) in [7, 11) is 2.05. The molecule has 0 saturated heterocycles. The average Bonchev–Trinajstić information content (AvgIpc) is 3.04. The molecule has 3 rings (SSSR count). The van der Waals surface area contributed by atoms with Gasteiger partial charge >= 0.3 is 0 Å². The maximum atomic E-state index is 12.4. The molecule has 2 aromatic rings. The first kappa shape index (κ1) is 16.2. The van der Waals surface area contributed by atoms with Crippen LogP contribution in [0.3, 0.4) is 0 Å². The maximum absolute atomic E-state index is 12.4. The molecule has 0 amide bonds. The highest BCUT2D eigenvalue weighted by Crippen LogP contribution is 2.32. The van der Waals surface area contributed by atoms with Crippen molar-refractivity contribution in [3.63, 3.8) is 0 Å². The van der Waals surface area contributed by atoms with E-state index in [-0.39, 0.29) is 5.78 Å². The lowest BCUT2D eigenvalue weighted by molar-refractivity contribution is 0.0989. The molecule has 0 aliphatic carbocycles. The molecule has 2 heterocycles. The van der Waals surface area contributed by atoms with Gasteiger partial charge in [0.2, 0.25) is 0 Å². The van der Waals surface area contributed by atoms with Crippen molar-refractivity contribution in [1.29, 1.82) is 0 Å². The third-order valence-electron chi connectivity index (χ3n) is 4.96. The van der Waals surface area contributed by atoms with Crippen LogP contribution in [0.2, 0.25) is 0 Å². The zero-order valence-electron chi connectivity index (χ0n) is 14.6. The molecule has 124 valence electrons. The number of Topliss-reactive ketones (excluding diaryl/α,β-unsaturated/α-hetero) is 1. The average molecular weight is 314 g/mol. The van der Waals surface area contributed by atoms with Crippen molar-refractivity contribution in [2.24, 2.45) is 7.05 Å². The van der Waals surface area contributed by atoms with Gasteiger partial charge in [-0.25, -0.2) is 0 Å². The number of nitrogens with zero attached hydrogens (tertiary/aromatic N) is 2. The first-order valence-electron chi connectivity index (χ1n) is 8.50. The Kier molecular flexibility index (Phi) is 4.55. The van der Waals surface area contributed by atoms with E-state index in [0.717, 1.165) is 49.5 Å². The molecular formula is C19H26N2O2. The minimum Gasteiger partial charge on any atom is -0.380 e. The summed E-state index contributed by atoms with van der Waals surface area (Å²) in [6.45, 7) is 10.4. The van der Waals surface area contributed by atoms with Crippen LogP contribution in [-0.4, -0.2) is 35.0 Å². The highest BCUT2D eigenvalue weighted by molar-refractivity contribution is 6.09. The van der Waals surface area contributed by atoms with Crippen LogP contribution in [0.25, 0.3) is 10.9 Å². The number of benzene rings is 1. The topological polar surface area (TPSA) is 34.5 Å². The van der Waals surface area contributed by atoms with Crippen molar-refractivity contribution in [2.45, 2.75) is 40.3 Å². The third kappa shape index (κ3) is 2.81. The molecule has 4 nitrogen and oxygen atoms in total. The van der Waals surface area contributed by atoms with Crippen molar-refractivity contribution in [3.8, 4) is 0 Å². The monoisotopic (exact) mass is 314 g/mol. The van der Waals surface area contributed by atoms with E-state index in [1.165, 1.54) is 16.6 Å². The number of aromatic nitrogens is 1. The zero-order valence-corrected chi connectivity index (χ0v) is 14.6. The minimum atomic E-state index is 0.235. The highest BCUT2D eigenvalue weighted by Gasteiger charge is 2.23. The lowest BCUT2D eigenvalue weighted by Crippen LogP contribution is -2.21. The zero-order chi connectivity index (χ0) is 16.6. The molecule has 0 fully saturated rings. The summed E-state index contributed by atoms with van der Waals surface area (Å²) in [6, 6.07) is 4.51. The molecule has 0 N–H and O–H groups in total. The Morgan fingerprint density at radius 2 is 1.91 bits per heavy atom. The Bertz CT molecular complexity index is 746. The Hall–Kier alpha value is -1.65. The van der Waals surface area contributed by atoms with E-state index in [2.05, 4.69) is 28.6 Å². The Labute approximate surface area is 138 Å². The van der Waals surface area contributed by atoms with Gasteiger partial charge in [0.25, 0.3) is 0 Å². The van der Waals surface area contributed by atoms with Crippen molar-refractivity contribution in [1.82, 2.24) is 9.47 Å². The van der Waals surface area contributed by atoms with Crippen molar-refractivity contribution >= 4 is 16.7 Å². The second-order valence-corrected chi connectivity index (χ2v) is 6.34. The van der Waals surface area contributed by atoms with Crippen LogP contribution in [0.15, 0.2) is 12.1 Å². The number of fused-ring (bicyclic) bond motifs is 2. The summed E-state index contributed by atoms with van der Waals surface area (Å²) in [5, 5.41) is 1.11. The van der Waals surface area contributed by atoms with Gasteiger partial charge in [0, 0.05) is 61.9 Å². The molecule has 4 heteroatoms. The normalized spacial score (nSPS) is 14.6. The molecule has 0 spiro atoms. The predicted octanol–water partition coefficient (Wildman–Crippen LogP) is 3.43. The van der Waals surface area contributed by atoms with Crippen molar-refractivity contribution < 1.29 is 9.53 Å². The number of carbonyl (C=O) groups is 1. The quantitative estimate of drug-likeness (QED) is 0.605. The van der Waals surface area contributed by atoms with Crippen LogP contribution in [0, 0.1) is 6.92 Å². The molecular weight excluding hydrogens is 288 g/mol. The van der Waals surface area contributed by atoms with Gasteiger partial charge in [-0.05, 0) is 37.1 Å². The standard InChI is InChI=1S/C19H26N2O2/c1-5-18(22)19-13(3)20(4)17-10-15-12-21(7-8-23-6-2)11-14(15)9-16(17)19/h9-10H,5-8,11-12H2,1-4H3. The molecule has 0 radical (unpaired) electrons. The van der Waals surface area contributed by atoms with Crippen molar-refractivity contribution in [2.75, 3.05) is 19.8 Å². The highest BCUT2D eigenvalue weighted by atomic mass is 16.5. The van der Waals surface area contributed by atoms with Gasteiger partial charge in [0.05, 0.1) is 6.61 Å². The summed E-state index contributed by atoms with van der Waals surface area (Å²) in [6.07, 6.45) is 0.553. The molecule has 0 unspecified atom stereocenters. The number of rotatable bonds is 6. The number of hydrogen-bond donors (Lipinski definition) is 0. The van der Waals surface area contributed by atoms with E-state index in [4.69, 9.17) is 4.74 Å². The first-order chi connectivity index (χ1) is 11.1. The van der Waals surface area contributed by atoms with Gasteiger partial charge in [-0.3, -0.25) is 9.69 Å². The lowest BCUT2D eigenvalue weighted by atomic mass is 10.0. The fourth-order valence-electron chi connectivity index (χ4n) is 3.55. The van der Waals surface area contributed by atoms with Crippen LogP contribution in [0.4, 0.5) is 0 Å². The van der Waals surface area contributed by atoms with Gasteiger partial charge < -0.3 is 9.30 Å². The molecule has 23 heavy (non-hydrogen) atoms. The smallest absolute Gasteiger partial charge is 0.165 e. The summed E-state index contributed by atoms with van der Waals surface area (Å²) in [5.41, 5.74) is 5.88. The van der Waals surface area contributed by atoms with E-state index in [0.29, 0.717) is 6.42 Å². The Morgan fingerprint density at radius 1 is 1.22 bits per heavy atom. The third-order valence-corrected chi connectivity index (χ3v) is 4.96. The fraction of sp³-hybridized carbons (Fsp3) is 0.526. The largest absolute Gasteiger partial charge is 0.380 e. The number of ether oxygens (including phenoxy) is 1. The molecule has 0 bridgehead atoms. The lowest BCUT2D eigenvalue weighted by Gasteiger charge is -2.13. The van der Waals surface area contributed by atoms with Crippen LogP contribution in [-0.2, 0) is 24.9 Å². The fourth-order valence-corrected chi connectivity index (χ4v) is 3.55. The number of hydrogen-bond acceptors (Lipinski definition) is 3. The summed E-state index contributed by atoms with van der Waals surface area (Å²) < 4.78 is 7.62. The molecule has 0 atom stereocenters. The number of aryl methyl sites for hydroxylation is 1. The summed E-state index contributed by atoms with van der Waals surface area (Å²) in [5.74, 6) is 0.235. The summed E-state index contributed by atoms with van der Waals surface area (Å²) >= 11 is 0. The van der Waals surface area contributed by atoms with E-state index >= 15 is 0 Å². The Balaban J connectivity index is 1.96. The second kappa shape index (κ2) is 6.46. The van der Waals surface area contributed by atoms with E-state index in [1.54, 1.807) is 0 Å². The predicted molar refractivity (Wildman–Crippen MR) is 92.9 cm³/mol. The van der Waals surface area contributed by atoms with Crippen LogP contribution in [0.5, 0.6) is 0 Å². The molecule has 1 aliphatic heterocycles. The van der Waals surface area contributed by atoms with Crippen LogP contribution in [0.1, 0.15) is 47.4 Å². The maximum Gasteiger partial charge on any atom is 0.165 e. The SMILES string of the molecule is CCOCCN1Cc2cc3c(C(=O)CC)c(C)n(C)c3cc2C1.